The number of ketones is 1. The third-order valence-electron chi connectivity index (χ3n) is 3.91. The minimum absolute atomic E-state index is 0.0639. The topological polar surface area (TPSA) is 60.9 Å². The summed E-state index contributed by atoms with van der Waals surface area (Å²) in [7, 11) is 0. The summed E-state index contributed by atoms with van der Waals surface area (Å²) >= 11 is 0. The molecule has 3 rings (SSSR count). The molecule has 1 heterocycles. The van der Waals surface area contributed by atoms with Crippen molar-refractivity contribution < 1.29 is 4.79 Å². The highest BCUT2D eigenvalue weighted by Gasteiger charge is 2.18. The first-order valence-corrected chi connectivity index (χ1v) is 7.15. The number of carbonyl (C=O) groups excluding carboxylic acids is 1. The lowest BCUT2D eigenvalue weighted by Gasteiger charge is -2.08. The number of carbonyl (C=O) groups is 1. The normalized spacial score (nSPS) is 15.6. The summed E-state index contributed by atoms with van der Waals surface area (Å²) in [5.74, 6) is 0.0639. The fourth-order valence-electron chi connectivity index (χ4n) is 2.82. The van der Waals surface area contributed by atoms with E-state index in [4.69, 9.17) is 5.73 Å². The number of anilines is 1. The van der Waals surface area contributed by atoms with Gasteiger partial charge in [-0.2, -0.15) is 5.10 Å². The van der Waals surface area contributed by atoms with Gasteiger partial charge in [0, 0.05) is 17.4 Å². The van der Waals surface area contributed by atoms with E-state index in [9.17, 15) is 4.79 Å². The van der Waals surface area contributed by atoms with E-state index in [1.54, 1.807) is 24.3 Å². The molecular formula is C16H19N3O. The predicted molar refractivity (Wildman–Crippen MR) is 78.6 cm³/mol. The SMILES string of the molecule is Nc1cccc(C(=O)Cc2ccn(C3CCCC3)n2)c1. The van der Waals surface area contributed by atoms with E-state index in [1.165, 1.54) is 25.7 Å². The largest absolute Gasteiger partial charge is 0.399 e. The molecule has 0 unspecified atom stereocenters. The summed E-state index contributed by atoms with van der Waals surface area (Å²) in [6, 6.07) is 9.57. The maximum Gasteiger partial charge on any atom is 0.168 e. The smallest absolute Gasteiger partial charge is 0.168 e. The van der Waals surface area contributed by atoms with Crippen molar-refractivity contribution in [2.24, 2.45) is 0 Å². The third-order valence-corrected chi connectivity index (χ3v) is 3.91. The van der Waals surface area contributed by atoms with Crippen molar-refractivity contribution in [3.63, 3.8) is 0 Å². The molecule has 1 aliphatic rings. The summed E-state index contributed by atoms with van der Waals surface area (Å²) in [5, 5.41) is 4.54. The molecule has 4 heteroatoms. The van der Waals surface area contributed by atoms with Crippen LogP contribution in [-0.2, 0) is 6.42 Å². The highest BCUT2D eigenvalue weighted by molar-refractivity contribution is 5.97. The van der Waals surface area contributed by atoms with Crippen LogP contribution >= 0.6 is 0 Å². The molecule has 1 fully saturated rings. The van der Waals surface area contributed by atoms with E-state index in [2.05, 4.69) is 5.10 Å². The second-order valence-electron chi connectivity index (χ2n) is 5.45. The first-order valence-electron chi connectivity index (χ1n) is 7.15. The quantitative estimate of drug-likeness (QED) is 0.685. The van der Waals surface area contributed by atoms with Crippen molar-refractivity contribution in [1.29, 1.82) is 0 Å². The van der Waals surface area contributed by atoms with Gasteiger partial charge in [0.05, 0.1) is 18.2 Å². The summed E-state index contributed by atoms with van der Waals surface area (Å²) in [6.07, 6.45) is 7.29. The van der Waals surface area contributed by atoms with Crippen molar-refractivity contribution in [2.75, 3.05) is 5.73 Å². The van der Waals surface area contributed by atoms with Gasteiger partial charge in [-0.25, -0.2) is 0 Å². The number of hydrogen-bond donors (Lipinski definition) is 1. The van der Waals surface area contributed by atoms with Crippen molar-refractivity contribution >= 4 is 11.5 Å². The number of nitrogen functional groups attached to an aromatic ring is 1. The fraction of sp³-hybridized carbons (Fsp3) is 0.375. The van der Waals surface area contributed by atoms with Crippen LogP contribution in [0.15, 0.2) is 36.5 Å². The molecule has 1 aromatic carbocycles. The van der Waals surface area contributed by atoms with Gasteiger partial charge in [-0.3, -0.25) is 9.48 Å². The number of aromatic nitrogens is 2. The zero-order valence-electron chi connectivity index (χ0n) is 11.5. The molecule has 0 aliphatic heterocycles. The molecule has 4 nitrogen and oxygen atoms in total. The van der Waals surface area contributed by atoms with Crippen molar-refractivity contribution in [3.8, 4) is 0 Å². The standard InChI is InChI=1S/C16H19N3O/c17-13-5-3-4-12(10-13)16(20)11-14-8-9-19(18-14)15-6-1-2-7-15/h3-5,8-10,15H,1-2,6-7,11,17H2. The molecular weight excluding hydrogens is 250 g/mol. The number of benzene rings is 1. The summed E-state index contributed by atoms with van der Waals surface area (Å²) in [6.45, 7) is 0. The van der Waals surface area contributed by atoms with E-state index < -0.39 is 0 Å². The first-order chi connectivity index (χ1) is 9.72. The summed E-state index contributed by atoms with van der Waals surface area (Å²) in [4.78, 5) is 12.2. The van der Waals surface area contributed by atoms with Crippen molar-refractivity contribution in [2.45, 2.75) is 38.1 Å². The molecule has 2 N–H and O–H groups in total. The number of nitrogens with zero attached hydrogens (tertiary/aromatic N) is 2. The molecule has 0 amide bonds. The predicted octanol–water partition coefficient (Wildman–Crippen LogP) is 3.01. The zero-order valence-corrected chi connectivity index (χ0v) is 11.5. The second-order valence-corrected chi connectivity index (χ2v) is 5.45. The summed E-state index contributed by atoms with van der Waals surface area (Å²) < 4.78 is 2.02. The van der Waals surface area contributed by atoms with Crippen LogP contribution < -0.4 is 5.73 Å². The van der Waals surface area contributed by atoms with Crippen LogP contribution in [0.1, 0.15) is 47.8 Å². The van der Waals surface area contributed by atoms with Crippen LogP contribution in [0.3, 0.4) is 0 Å². The highest BCUT2D eigenvalue weighted by Crippen LogP contribution is 2.28. The number of rotatable bonds is 4. The minimum Gasteiger partial charge on any atom is -0.399 e. The molecule has 0 atom stereocenters. The number of hydrogen-bond acceptors (Lipinski definition) is 3. The van der Waals surface area contributed by atoms with Crippen LogP contribution in [0.4, 0.5) is 5.69 Å². The summed E-state index contributed by atoms with van der Waals surface area (Å²) in [5.41, 5.74) is 7.81. The van der Waals surface area contributed by atoms with Gasteiger partial charge < -0.3 is 5.73 Å². The van der Waals surface area contributed by atoms with Crippen molar-refractivity contribution in [3.05, 3.63) is 47.8 Å². The lowest BCUT2D eigenvalue weighted by atomic mass is 10.1. The van der Waals surface area contributed by atoms with Gasteiger partial charge >= 0.3 is 0 Å². The Morgan fingerprint density at radius 2 is 2.10 bits per heavy atom. The monoisotopic (exact) mass is 269 g/mol. The molecule has 1 saturated carbocycles. The molecule has 0 radical (unpaired) electrons. The molecule has 2 aromatic rings. The minimum atomic E-state index is 0.0639. The Bertz CT molecular complexity index is 612. The van der Waals surface area contributed by atoms with Crippen LogP contribution in [0.25, 0.3) is 0 Å². The molecule has 1 aliphatic carbocycles. The van der Waals surface area contributed by atoms with Gasteiger partial charge in [-0.1, -0.05) is 25.0 Å². The molecule has 0 spiro atoms. The second kappa shape index (κ2) is 5.49. The maximum atomic E-state index is 12.2. The van der Waals surface area contributed by atoms with Crippen LogP contribution in [0.5, 0.6) is 0 Å². The average molecular weight is 269 g/mol. The third kappa shape index (κ3) is 2.74. The van der Waals surface area contributed by atoms with E-state index in [1.807, 2.05) is 16.9 Å². The van der Waals surface area contributed by atoms with Gasteiger partial charge in [-0.05, 0) is 31.0 Å². The van der Waals surface area contributed by atoms with Gasteiger partial charge in [0.15, 0.2) is 5.78 Å². The van der Waals surface area contributed by atoms with Gasteiger partial charge in [0.1, 0.15) is 0 Å². The Kier molecular flexibility index (Phi) is 3.54. The fourth-order valence-corrected chi connectivity index (χ4v) is 2.82. The Labute approximate surface area is 118 Å². The Balaban J connectivity index is 1.70. The van der Waals surface area contributed by atoms with Crippen molar-refractivity contribution in [1.82, 2.24) is 9.78 Å². The van der Waals surface area contributed by atoms with E-state index in [0.29, 0.717) is 23.7 Å². The number of Topliss-reactive ketones (excluding diaryl/α,β-unsaturated/α-hetero) is 1. The van der Waals surface area contributed by atoms with Crippen LogP contribution in [-0.4, -0.2) is 15.6 Å². The molecule has 0 bridgehead atoms. The Morgan fingerprint density at radius 3 is 2.85 bits per heavy atom. The maximum absolute atomic E-state index is 12.2. The lowest BCUT2D eigenvalue weighted by Crippen LogP contribution is -2.08. The average Bonchev–Trinajstić information content (AvgIpc) is 3.08. The molecule has 104 valence electrons. The highest BCUT2D eigenvalue weighted by atomic mass is 16.1. The van der Waals surface area contributed by atoms with Crippen LogP contribution in [0, 0.1) is 0 Å². The molecule has 0 saturated heterocycles. The van der Waals surface area contributed by atoms with Gasteiger partial charge in [-0.15, -0.1) is 0 Å². The lowest BCUT2D eigenvalue weighted by molar-refractivity contribution is 0.0991. The first kappa shape index (κ1) is 12.9. The van der Waals surface area contributed by atoms with Crippen LogP contribution in [0.2, 0.25) is 0 Å². The Morgan fingerprint density at radius 1 is 1.30 bits per heavy atom. The van der Waals surface area contributed by atoms with Gasteiger partial charge in [0.2, 0.25) is 0 Å². The van der Waals surface area contributed by atoms with E-state index in [-0.39, 0.29) is 5.78 Å². The van der Waals surface area contributed by atoms with Gasteiger partial charge in [0.25, 0.3) is 0 Å². The van der Waals surface area contributed by atoms with E-state index >= 15 is 0 Å². The zero-order chi connectivity index (χ0) is 13.9. The molecule has 1 aromatic heterocycles. The Hall–Kier alpha value is -2.10. The molecule has 20 heavy (non-hydrogen) atoms. The number of nitrogens with two attached hydrogens (primary N) is 1. The van der Waals surface area contributed by atoms with E-state index in [0.717, 1.165) is 5.69 Å².